The molecule has 1 aliphatic rings. The minimum atomic E-state index is 0.155. The second-order valence-electron chi connectivity index (χ2n) is 7.55. The van der Waals surface area contributed by atoms with Gasteiger partial charge in [0, 0.05) is 22.8 Å². The Labute approximate surface area is 183 Å². The van der Waals surface area contributed by atoms with E-state index in [0.29, 0.717) is 13.1 Å². The number of hydrogen-bond donors (Lipinski definition) is 3. The van der Waals surface area contributed by atoms with Crippen molar-refractivity contribution in [1.29, 1.82) is 0 Å². The lowest BCUT2D eigenvalue weighted by Crippen LogP contribution is -3.28. The molecule has 3 N–H and O–H groups in total. The van der Waals surface area contributed by atoms with Gasteiger partial charge < -0.3 is 24.6 Å². The molecule has 0 aromatic heterocycles. The number of quaternary nitrogens is 2. The van der Waals surface area contributed by atoms with Crippen LogP contribution >= 0.6 is 11.8 Å². The van der Waals surface area contributed by atoms with Crippen LogP contribution in [0.25, 0.3) is 0 Å². The first kappa shape index (κ1) is 22.5. The molecule has 1 fully saturated rings. The van der Waals surface area contributed by atoms with Gasteiger partial charge in [0.05, 0.1) is 14.2 Å². The summed E-state index contributed by atoms with van der Waals surface area (Å²) in [6.45, 7) is 6.43. The summed E-state index contributed by atoms with van der Waals surface area (Å²) in [5.41, 5.74) is 1.25. The lowest BCUT2D eigenvalue weighted by Gasteiger charge is -2.29. The van der Waals surface area contributed by atoms with Gasteiger partial charge in [-0.25, -0.2) is 0 Å². The van der Waals surface area contributed by atoms with E-state index in [2.05, 4.69) is 29.6 Å². The summed E-state index contributed by atoms with van der Waals surface area (Å²) in [4.78, 5) is 16.4. The van der Waals surface area contributed by atoms with Gasteiger partial charge in [-0.05, 0) is 30.3 Å². The molecule has 0 aliphatic carbocycles. The van der Waals surface area contributed by atoms with Crippen molar-refractivity contribution in [2.24, 2.45) is 0 Å². The molecule has 0 spiro atoms. The number of rotatable bonds is 10. The summed E-state index contributed by atoms with van der Waals surface area (Å²) < 4.78 is 10.7. The van der Waals surface area contributed by atoms with E-state index in [0.717, 1.165) is 50.0 Å². The standard InChI is InChI=1S/C23H31N3O3S/c1-28-21-9-8-19(16-22(21)29-2)17-25-11-13-26(14-12-25)18-23(27)24-10-15-30-20-6-4-3-5-7-20/h3-9,16H,10-15,17-18H2,1-2H3,(H,24,27)/p+2. The summed E-state index contributed by atoms with van der Waals surface area (Å²) in [6.07, 6.45) is 0. The average Bonchev–Trinajstić information content (AvgIpc) is 2.78. The Morgan fingerprint density at radius 3 is 2.37 bits per heavy atom. The number of amides is 1. The van der Waals surface area contributed by atoms with E-state index in [9.17, 15) is 4.79 Å². The zero-order valence-electron chi connectivity index (χ0n) is 17.9. The van der Waals surface area contributed by atoms with Crippen LogP contribution in [0.4, 0.5) is 0 Å². The highest BCUT2D eigenvalue weighted by atomic mass is 32.2. The maximum atomic E-state index is 12.3. The highest BCUT2D eigenvalue weighted by molar-refractivity contribution is 7.99. The van der Waals surface area contributed by atoms with Crippen molar-refractivity contribution in [3.63, 3.8) is 0 Å². The number of carbonyl (C=O) groups excluding carboxylic acids is 1. The fourth-order valence-electron chi connectivity index (χ4n) is 3.76. The monoisotopic (exact) mass is 431 g/mol. The molecule has 7 heteroatoms. The quantitative estimate of drug-likeness (QED) is 0.363. The second kappa shape index (κ2) is 11.8. The predicted octanol–water partition coefficient (Wildman–Crippen LogP) is -0.104. The van der Waals surface area contributed by atoms with Crippen LogP contribution in [-0.2, 0) is 11.3 Å². The summed E-state index contributed by atoms with van der Waals surface area (Å²) in [5, 5.41) is 3.06. The van der Waals surface area contributed by atoms with E-state index < -0.39 is 0 Å². The van der Waals surface area contributed by atoms with Gasteiger partial charge in [-0.15, -0.1) is 11.8 Å². The Morgan fingerprint density at radius 2 is 1.67 bits per heavy atom. The molecule has 0 atom stereocenters. The topological polar surface area (TPSA) is 56.4 Å². The zero-order valence-corrected chi connectivity index (χ0v) is 18.7. The van der Waals surface area contributed by atoms with Gasteiger partial charge in [-0.1, -0.05) is 18.2 Å². The third kappa shape index (κ3) is 6.93. The minimum absolute atomic E-state index is 0.155. The summed E-state index contributed by atoms with van der Waals surface area (Å²) >= 11 is 1.77. The molecule has 1 saturated heterocycles. The molecule has 1 heterocycles. The fourth-order valence-corrected chi connectivity index (χ4v) is 4.54. The van der Waals surface area contributed by atoms with Crippen LogP contribution in [0.2, 0.25) is 0 Å². The second-order valence-corrected chi connectivity index (χ2v) is 8.72. The zero-order chi connectivity index (χ0) is 21.2. The van der Waals surface area contributed by atoms with Crippen molar-refractivity contribution < 1.29 is 24.1 Å². The molecular formula is C23H33N3O3S+2. The molecule has 1 amide bonds. The summed E-state index contributed by atoms with van der Waals surface area (Å²) in [5.74, 6) is 2.59. The van der Waals surface area contributed by atoms with E-state index in [1.54, 1.807) is 30.9 Å². The minimum Gasteiger partial charge on any atom is -0.493 e. The highest BCUT2D eigenvalue weighted by Gasteiger charge is 2.25. The molecule has 0 radical (unpaired) electrons. The van der Waals surface area contributed by atoms with Crippen molar-refractivity contribution in [2.45, 2.75) is 11.4 Å². The smallest absolute Gasteiger partial charge is 0.275 e. The Hall–Kier alpha value is -2.22. The maximum Gasteiger partial charge on any atom is 0.275 e. The Morgan fingerprint density at radius 1 is 0.967 bits per heavy atom. The number of nitrogens with one attached hydrogen (secondary N) is 3. The third-order valence-corrected chi connectivity index (χ3v) is 6.43. The van der Waals surface area contributed by atoms with Gasteiger partial charge in [0.2, 0.25) is 0 Å². The number of benzene rings is 2. The van der Waals surface area contributed by atoms with E-state index in [1.165, 1.54) is 15.4 Å². The number of ether oxygens (including phenoxy) is 2. The largest absolute Gasteiger partial charge is 0.493 e. The van der Waals surface area contributed by atoms with Crippen molar-refractivity contribution in [2.75, 3.05) is 59.2 Å². The van der Waals surface area contributed by atoms with Crippen LogP contribution in [0.5, 0.6) is 11.5 Å². The lowest BCUT2D eigenvalue weighted by atomic mass is 10.1. The molecule has 0 saturated carbocycles. The number of hydrogen-bond acceptors (Lipinski definition) is 4. The number of carbonyl (C=O) groups is 1. The molecule has 0 unspecified atom stereocenters. The Bertz CT molecular complexity index is 796. The lowest BCUT2D eigenvalue weighted by molar-refractivity contribution is -1.02. The first-order chi connectivity index (χ1) is 14.7. The highest BCUT2D eigenvalue weighted by Crippen LogP contribution is 2.27. The normalized spacial score (nSPS) is 18.6. The summed E-state index contributed by atoms with van der Waals surface area (Å²) in [7, 11) is 3.32. The summed E-state index contributed by atoms with van der Waals surface area (Å²) in [6, 6.07) is 16.4. The van der Waals surface area contributed by atoms with Gasteiger partial charge >= 0.3 is 0 Å². The van der Waals surface area contributed by atoms with Crippen molar-refractivity contribution in [1.82, 2.24) is 5.32 Å². The first-order valence-electron chi connectivity index (χ1n) is 10.5. The molecule has 2 aromatic rings. The van der Waals surface area contributed by atoms with Crippen molar-refractivity contribution in [3.8, 4) is 11.5 Å². The van der Waals surface area contributed by atoms with Crippen LogP contribution in [0, 0.1) is 0 Å². The van der Waals surface area contributed by atoms with Crippen molar-refractivity contribution in [3.05, 3.63) is 54.1 Å². The van der Waals surface area contributed by atoms with Gasteiger partial charge in [-0.3, -0.25) is 4.79 Å². The molecular weight excluding hydrogens is 398 g/mol. The van der Waals surface area contributed by atoms with E-state index in [1.807, 2.05) is 24.3 Å². The van der Waals surface area contributed by atoms with E-state index in [-0.39, 0.29) is 5.91 Å². The molecule has 30 heavy (non-hydrogen) atoms. The van der Waals surface area contributed by atoms with Crippen LogP contribution < -0.4 is 24.6 Å². The third-order valence-electron chi connectivity index (χ3n) is 5.41. The van der Waals surface area contributed by atoms with Crippen LogP contribution in [-0.4, -0.2) is 65.1 Å². The van der Waals surface area contributed by atoms with Gasteiger partial charge in [0.1, 0.15) is 32.7 Å². The molecule has 0 bridgehead atoms. The SMILES string of the molecule is COc1ccc(C[NH+]2CC[NH+](CC(=O)NCCSc3ccccc3)CC2)cc1OC. The number of piperazine rings is 1. The van der Waals surface area contributed by atoms with E-state index >= 15 is 0 Å². The van der Waals surface area contributed by atoms with Gasteiger partial charge in [-0.2, -0.15) is 0 Å². The van der Waals surface area contributed by atoms with Crippen LogP contribution in [0.3, 0.4) is 0 Å². The predicted molar refractivity (Wildman–Crippen MR) is 120 cm³/mol. The molecule has 6 nitrogen and oxygen atoms in total. The van der Waals surface area contributed by atoms with Crippen LogP contribution in [0.1, 0.15) is 5.56 Å². The van der Waals surface area contributed by atoms with Crippen LogP contribution in [0.15, 0.2) is 53.4 Å². The molecule has 162 valence electrons. The Kier molecular flexibility index (Phi) is 8.86. The molecule has 2 aromatic carbocycles. The molecule has 1 aliphatic heterocycles. The van der Waals surface area contributed by atoms with E-state index in [4.69, 9.17) is 9.47 Å². The maximum absolute atomic E-state index is 12.3. The number of methoxy groups -OCH3 is 2. The Balaban J connectivity index is 1.33. The van der Waals surface area contributed by atoms with Crippen molar-refractivity contribution >= 4 is 17.7 Å². The fraction of sp³-hybridized carbons (Fsp3) is 0.435. The average molecular weight is 432 g/mol. The first-order valence-corrected chi connectivity index (χ1v) is 11.5. The number of thioether (sulfide) groups is 1. The molecule has 3 rings (SSSR count). The van der Waals surface area contributed by atoms with Gasteiger partial charge in [0.15, 0.2) is 18.0 Å². The van der Waals surface area contributed by atoms with Gasteiger partial charge in [0.25, 0.3) is 5.91 Å².